The van der Waals surface area contributed by atoms with Crippen LogP contribution >= 0.6 is 0 Å². The molecule has 0 unspecified atom stereocenters. The van der Waals surface area contributed by atoms with E-state index in [0.717, 1.165) is 62.3 Å². The first kappa shape index (κ1) is 30.7. The number of pyridine rings is 1. The van der Waals surface area contributed by atoms with Gasteiger partial charge in [-0.05, 0) is 61.7 Å². The van der Waals surface area contributed by atoms with Gasteiger partial charge >= 0.3 is 5.97 Å². The number of unbranched alkanes of at least 4 members (excludes halogenated alkanes) is 2. The summed E-state index contributed by atoms with van der Waals surface area (Å²) in [5.41, 5.74) is 2.35. The van der Waals surface area contributed by atoms with E-state index in [-0.39, 0.29) is 12.4 Å². The van der Waals surface area contributed by atoms with Crippen LogP contribution in [0.5, 0.6) is 11.5 Å². The van der Waals surface area contributed by atoms with Crippen LogP contribution in [0.2, 0.25) is 0 Å². The van der Waals surface area contributed by atoms with Crippen molar-refractivity contribution in [3.8, 4) is 11.5 Å². The number of hydrogen-bond donors (Lipinski definition) is 1. The normalized spacial score (nSPS) is 14.2. The number of nitrogens with one attached hydrogen (secondary N) is 1. The molecule has 1 aliphatic rings. The molecule has 3 aromatic carbocycles. The minimum absolute atomic E-state index is 0.268. The van der Waals surface area contributed by atoms with Crippen LogP contribution < -0.4 is 14.2 Å². The number of ether oxygens (including phenoxy) is 3. The van der Waals surface area contributed by atoms with Gasteiger partial charge in [-0.2, -0.15) is 0 Å². The van der Waals surface area contributed by atoms with E-state index in [1.54, 1.807) is 30.5 Å². The lowest BCUT2D eigenvalue weighted by atomic mass is 10.0. The fourth-order valence-corrected chi connectivity index (χ4v) is 5.86. The van der Waals surface area contributed by atoms with Crippen LogP contribution in [0.25, 0.3) is 21.7 Å². The summed E-state index contributed by atoms with van der Waals surface area (Å²) in [6.45, 7) is 4.50. The summed E-state index contributed by atoms with van der Waals surface area (Å²) in [6.07, 6.45) is 7.83. The molecule has 1 fully saturated rings. The average Bonchev–Trinajstić information content (AvgIpc) is 2.99. The number of rotatable bonds is 14. The fraction of sp³-hybridized carbons (Fsp3) is 0.394. The Balaban J connectivity index is 1.32. The molecule has 0 atom stereocenters. The quantitative estimate of drug-likeness (QED) is 0.0861. The summed E-state index contributed by atoms with van der Waals surface area (Å²) in [5.74, 6) is 0.585. The number of anilines is 1. The maximum Gasteiger partial charge on any atom is 0.311 e. The van der Waals surface area contributed by atoms with Crippen LogP contribution in [-0.4, -0.2) is 70.0 Å². The largest absolute Gasteiger partial charge is 0.493 e. The van der Waals surface area contributed by atoms with Gasteiger partial charge in [-0.3, -0.25) is 19.4 Å². The lowest BCUT2D eigenvalue weighted by Gasteiger charge is -2.26. The van der Waals surface area contributed by atoms with E-state index in [2.05, 4.69) is 38.9 Å². The van der Waals surface area contributed by atoms with Crippen molar-refractivity contribution in [3.05, 3.63) is 72.4 Å². The van der Waals surface area contributed by atoms with E-state index in [1.165, 1.54) is 5.56 Å². The summed E-state index contributed by atoms with van der Waals surface area (Å²) < 4.78 is 43.8. The summed E-state index contributed by atoms with van der Waals surface area (Å²) >= 11 is 0. The number of aryl methyl sites for hydroxylation is 1. The number of fused-ring (bicyclic) bond motifs is 3. The number of carbonyl (C=O) groups excluding carboxylic acids is 1. The lowest BCUT2D eigenvalue weighted by Crippen LogP contribution is -2.37. The molecule has 1 aromatic heterocycles. The summed E-state index contributed by atoms with van der Waals surface area (Å²) in [4.78, 5) is 19.9. The summed E-state index contributed by atoms with van der Waals surface area (Å²) in [5, 5.41) is 2.15. The number of morpholine rings is 1. The zero-order chi connectivity index (χ0) is 30.1. The second kappa shape index (κ2) is 14.6. The average molecular weight is 606 g/mol. The molecule has 0 aliphatic carbocycles. The molecule has 2 heterocycles. The number of sulfonamides is 1. The molecule has 1 saturated heterocycles. The van der Waals surface area contributed by atoms with Crippen LogP contribution in [0.15, 0.2) is 66.9 Å². The minimum Gasteiger partial charge on any atom is -0.493 e. The Morgan fingerprint density at radius 1 is 1.00 bits per heavy atom. The predicted octanol–water partition coefficient (Wildman–Crippen LogP) is 5.57. The van der Waals surface area contributed by atoms with Crippen molar-refractivity contribution in [1.29, 1.82) is 0 Å². The molecule has 0 saturated carbocycles. The smallest absolute Gasteiger partial charge is 0.311 e. The Bertz CT molecular complexity index is 1640. The molecule has 0 amide bonds. The molecule has 4 aromatic rings. The predicted molar refractivity (Wildman–Crippen MR) is 169 cm³/mol. The van der Waals surface area contributed by atoms with Gasteiger partial charge in [0.2, 0.25) is 10.0 Å². The monoisotopic (exact) mass is 605 g/mol. The number of nitrogens with zero attached hydrogens (tertiary/aromatic N) is 2. The molecular weight excluding hydrogens is 566 g/mol. The highest BCUT2D eigenvalue weighted by Gasteiger charge is 2.17. The molecule has 43 heavy (non-hydrogen) atoms. The molecule has 5 rings (SSSR count). The van der Waals surface area contributed by atoms with Gasteiger partial charge in [0.15, 0.2) is 0 Å². The number of carbonyl (C=O) groups is 1. The number of aromatic nitrogens is 1. The van der Waals surface area contributed by atoms with Gasteiger partial charge in [0, 0.05) is 48.9 Å². The first-order chi connectivity index (χ1) is 20.8. The molecule has 9 nitrogen and oxygen atoms in total. The number of esters is 1. The molecule has 1 N–H and O–H groups in total. The minimum atomic E-state index is -3.47. The van der Waals surface area contributed by atoms with E-state index < -0.39 is 10.0 Å². The van der Waals surface area contributed by atoms with Crippen molar-refractivity contribution >= 4 is 43.4 Å². The van der Waals surface area contributed by atoms with Crippen LogP contribution in [0.4, 0.5) is 5.69 Å². The van der Waals surface area contributed by atoms with E-state index in [9.17, 15) is 13.2 Å². The van der Waals surface area contributed by atoms with Crippen LogP contribution in [0.1, 0.15) is 37.7 Å². The van der Waals surface area contributed by atoms with Gasteiger partial charge in [-0.15, -0.1) is 0 Å². The van der Waals surface area contributed by atoms with Crippen molar-refractivity contribution in [2.75, 3.05) is 50.4 Å². The van der Waals surface area contributed by atoms with Gasteiger partial charge in [0.25, 0.3) is 0 Å². The summed E-state index contributed by atoms with van der Waals surface area (Å²) in [7, 11) is -3.47. The molecular formula is C33H39N3O6S. The second-order valence-corrected chi connectivity index (χ2v) is 12.7. The topological polar surface area (TPSA) is 107 Å². The maximum absolute atomic E-state index is 13.0. The van der Waals surface area contributed by atoms with Crippen molar-refractivity contribution in [1.82, 2.24) is 9.88 Å². The maximum atomic E-state index is 13.0. The van der Waals surface area contributed by atoms with Gasteiger partial charge in [0.05, 0.1) is 37.0 Å². The number of benzene rings is 3. The third kappa shape index (κ3) is 9.13. The standard InChI is InChI=1S/C33H39N3O6S/c1-43(38,39)35-27-14-13-26-24-34-30-22-28(41-18-7-3-6-11-25-9-4-2-5-10-25)23-31(33(30)29(26)21-27)42-32(37)12-8-15-36-16-19-40-20-17-36/h2,4-5,9-10,13-14,21-24,35H,3,6-8,11-12,15-20H2,1H3. The molecule has 0 radical (unpaired) electrons. The van der Waals surface area contributed by atoms with E-state index in [4.69, 9.17) is 14.2 Å². The van der Waals surface area contributed by atoms with Crippen molar-refractivity contribution in [2.24, 2.45) is 0 Å². The molecule has 228 valence electrons. The Hall–Kier alpha value is -3.73. The highest BCUT2D eigenvalue weighted by atomic mass is 32.2. The molecule has 0 spiro atoms. The highest BCUT2D eigenvalue weighted by Crippen LogP contribution is 2.37. The Labute approximate surface area is 253 Å². The zero-order valence-electron chi connectivity index (χ0n) is 24.6. The van der Waals surface area contributed by atoms with Gasteiger partial charge < -0.3 is 14.2 Å². The van der Waals surface area contributed by atoms with Gasteiger partial charge in [-0.1, -0.05) is 36.4 Å². The van der Waals surface area contributed by atoms with Gasteiger partial charge in [0.1, 0.15) is 11.5 Å². The van der Waals surface area contributed by atoms with Crippen molar-refractivity contribution in [3.63, 3.8) is 0 Å². The first-order valence-electron chi connectivity index (χ1n) is 14.9. The molecule has 1 aliphatic heterocycles. The van der Waals surface area contributed by atoms with Crippen LogP contribution in [0.3, 0.4) is 0 Å². The van der Waals surface area contributed by atoms with Crippen LogP contribution in [-0.2, 0) is 26.0 Å². The first-order valence-corrected chi connectivity index (χ1v) is 16.7. The Morgan fingerprint density at radius 2 is 1.81 bits per heavy atom. The lowest BCUT2D eigenvalue weighted by molar-refractivity contribution is -0.134. The third-order valence-corrected chi connectivity index (χ3v) is 8.03. The van der Waals surface area contributed by atoms with Crippen LogP contribution in [0, 0.1) is 0 Å². The number of hydrogen-bond acceptors (Lipinski definition) is 8. The van der Waals surface area contributed by atoms with E-state index >= 15 is 0 Å². The third-order valence-electron chi connectivity index (χ3n) is 7.43. The molecule has 10 heteroatoms. The fourth-order valence-electron chi connectivity index (χ4n) is 5.30. The highest BCUT2D eigenvalue weighted by molar-refractivity contribution is 7.92. The second-order valence-electron chi connectivity index (χ2n) is 10.9. The van der Waals surface area contributed by atoms with Crippen molar-refractivity contribution in [2.45, 2.75) is 38.5 Å². The van der Waals surface area contributed by atoms with Crippen molar-refractivity contribution < 1.29 is 27.4 Å². The van der Waals surface area contributed by atoms with E-state index in [1.807, 2.05) is 12.1 Å². The van der Waals surface area contributed by atoms with E-state index in [0.29, 0.717) is 54.3 Å². The Kier molecular flexibility index (Phi) is 10.5. The summed E-state index contributed by atoms with van der Waals surface area (Å²) in [6, 6.07) is 19.2. The SMILES string of the molecule is CS(=O)(=O)Nc1ccc2cnc3cc(OCCCCCc4ccccc4)cc(OC(=O)CCCN4CCOCC4)c3c2c1. The zero-order valence-corrected chi connectivity index (χ0v) is 25.4. The van der Waals surface area contributed by atoms with Gasteiger partial charge in [-0.25, -0.2) is 8.42 Å². The molecule has 0 bridgehead atoms. The Morgan fingerprint density at radius 3 is 2.60 bits per heavy atom.